The van der Waals surface area contributed by atoms with Crippen molar-refractivity contribution in [2.45, 2.75) is 0 Å². The lowest BCUT2D eigenvalue weighted by Gasteiger charge is -2.26. The summed E-state index contributed by atoms with van der Waals surface area (Å²) in [5.74, 6) is 0.825. The van der Waals surface area contributed by atoms with Gasteiger partial charge in [-0.25, -0.2) is 0 Å². The van der Waals surface area contributed by atoms with Gasteiger partial charge in [0, 0.05) is 41.2 Å². The quantitative estimate of drug-likeness (QED) is 0.147. The number of ether oxygens (including phenoxy) is 2. The van der Waals surface area contributed by atoms with E-state index >= 15 is 0 Å². The van der Waals surface area contributed by atoms with Crippen LogP contribution in [0.1, 0.15) is 0 Å². The fraction of sp³-hybridized carbons (Fsp3) is 0.0769. The standard InChI is InChI=1S/C39H34N2O2/c1-42-29-30-43-39-27-25-38(26-28-39)41(35-15-9-4-10-16-35)37-23-19-32(20-24-37)31-17-21-36(22-18-31)40(33-11-5-2-6-12-33)34-13-7-3-8-14-34/h2-28H,29-30H2,1H3. The van der Waals surface area contributed by atoms with Gasteiger partial charge < -0.3 is 19.3 Å². The number of benzene rings is 6. The summed E-state index contributed by atoms with van der Waals surface area (Å²) in [4.78, 5) is 4.53. The SMILES string of the molecule is COCCOc1ccc(N(c2ccccc2)c2ccc(-c3ccc(N(c4ccccc4)c4ccccc4)cc3)cc2)cc1. The molecule has 6 aromatic carbocycles. The molecule has 4 nitrogen and oxygen atoms in total. The predicted molar refractivity (Wildman–Crippen MR) is 179 cm³/mol. The van der Waals surface area contributed by atoms with Crippen LogP contribution in [0.3, 0.4) is 0 Å². The Morgan fingerprint density at radius 3 is 1.05 bits per heavy atom. The van der Waals surface area contributed by atoms with Gasteiger partial charge in [0.15, 0.2) is 0 Å². The van der Waals surface area contributed by atoms with E-state index in [4.69, 9.17) is 9.47 Å². The summed E-state index contributed by atoms with van der Waals surface area (Å²) >= 11 is 0. The second-order valence-electron chi connectivity index (χ2n) is 10.1. The number of nitrogens with zero attached hydrogens (tertiary/aromatic N) is 2. The molecule has 0 spiro atoms. The van der Waals surface area contributed by atoms with E-state index in [0.29, 0.717) is 13.2 Å². The zero-order valence-electron chi connectivity index (χ0n) is 24.2. The van der Waals surface area contributed by atoms with Gasteiger partial charge in [0.1, 0.15) is 12.4 Å². The summed E-state index contributed by atoms with van der Waals surface area (Å²) in [5.41, 5.74) is 8.93. The second kappa shape index (κ2) is 13.6. The van der Waals surface area contributed by atoms with Gasteiger partial charge in [0.05, 0.1) is 6.61 Å². The van der Waals surface area contributed by atoms with E-state index in [1.807, 2.05) is 30.3 Å². The fourth-order valence-corrected chi connectivity index (χ4v) is 5.17. The largest absolute Gasteiger partial charge is 0.491 e. The van der Waals surface area contributed by atoms with Crippen molar-refractivity contribution in [3.05, 3.63) is 164 Å². The van der Waals surface area contributed by atoms with Gasteiger partial charge in [-0.15, -0.1) is 0 Å². The van der Waals surface area contributed by atoms with Gasteiger partial charge in [-0.1, -0.05) is 78.9 Å². The molecule has 0 aliphatic rings. The molecule has 0 saturated carbocycles. The Morgan fingerprint density at radius 2 is 0.698 bits per heavy atom. The first-order valence-electron chi connectivity index (χ1n) is 14.5. The Bertz CT molecular complexity index is 1650. The number of anilines is 6. The van der Waals surface area contributed by atoms with Gasteiger partial charge in [0.25, 0.3) is 0 Å². The van der Waals surface area contributed by atoms with E-state index in [9.17, 15) is 0 Å². The minimum atomic E-state index is 0.525. The van der Waals surface area contributed by atoms with E-state index in [1.54, 1.807) is 7.11 Å². The van der Waals surface area contributed by atoms with E-state index in [1.165, 1.54) is 5.56 Å². The highest BCUT2D eigenvalue weighted by Gasteiger charge is 2.14. The molecular weight excluding hydrogens is 528 g/mol. The van der Waals surface area contributed by atoms with Crippen LogP contribution in [-0.2, 0) is 4.74 Å². The van der Waals surface area contributed by atoms with Crippen molar-refractivity contribution in [1.29, 1.82) is 0 Å². The molecule has 6 rings (SSSR count). The molecule has 0 saturated heterocycles. The first kappa shape index (κ1) is 27.8. The van der Waals surface area contributed by atoms with E-state index in [-0.39, 0.29) is 0 Å². The van der Waals surface area contributed by atoms with Crippen LogP contribution in [0.5, 0.6) is 5.75 Å². The van der Waals surface area contributed by atoms with Crippen molar-refractivity contribution < 1.29 is 9.47 Å². The van der Waals surface area contributed by atoms with E-state index in [2.05, 4.69) is 143 Å². The van der Waals surface area contributed by atoms with Crippen molar-refractivity contribution >= 4 is 34.1 Å². The maximum Gasteiger partial charge on any atom is 0.119 e. The van der Waals surface area contributed by atoms with Crippen LogP contribution in [0.2, 0.25) is 0 Å². The molecule has 212 valence electrons. The summed E-state index contributed by atoms with van der Waals surface area (Å²) in [6.45, 7) is 1.09. The summed E-state index contributed by atoms with van der Waals surface area (Å²) in [6, 6.07) is 57.1. The first-order chi connectivity index (χ1) is 21.3. The average molecular weight is 563 g/mol. The molecule has 0 N–H and O–H groups in total. The van der Waals surface area contributed by atoms with Gasteiger partial charge >= 0.3 is 0 Å². The van der Waals surface area contributed by atoms with Crippen LogP contribution in [0.25, 0.3) is 11.1 Å². The molecule has 0 unspecified atom stereocenters. The number of para-hydroxylation sites is 3. The third-order valence-corrected chi connectivity index (χ3v) is 7.28. The van der Waals surface area contributed by atoms with Gasteiger partial charge in [-0.3, -0.25) is 0 Å². The molecule has 43 heavy (non-hydrogen) atoms. The Morgan fingerprint density at radius 1 is 0.372 bits per heavy atom. The van der Waals surface area contributed by atoms with Crippen LogP contribution in [0.15, 0.2) is 164 Å². The molecular formula is C39H34N2O2. The lowest BCUT2D eigenvalue weighted by atomic mass is 10.0. The van der Waals surface area contributed by atoms with E-state index in [0.717, 1.165) is 45.4 Å². The minimum Gasteiger partial charge on any atom is -0.491 e. The monoisotopic (exact) mass is 562 g/mol. The van der Waals surface area contributed by atoms with Crippen LogP contribution < -0.4 is 14.5 Å². The molecule has 0 radical (unpaired) electrons. The van der Waals surface area contributed by atoms with Crippen LogP contribution >= 0.6 is 0 Å². The summed E-state index contributed by atoms with van der Waals surface area (Å²) in [5, 5.41) is 0. The first-order valence-corrected chi connectivity index (χ1v) is 14.5. The molecule has 0 heterocycles. The normalized spacial score (nSPS) is 10.7. The Balaban J connectivity index is 1.27. The molecule has 0 aliphatic heterocycles. The smallest absolute Gasteiger partial charge is 0.119 e. The highest BCUT2D eigenvalue weighted by molar-refractivity contribution is 5.80. The van der Waals surface area contributed by atoms with Crippen molar-refractivity contribution in [1.82, 2.24) is 0 Å². The van der Waals surface area contributed by atoms with Crippen molar-refractivity contribution in [2.75, 3.05) is 30.1 Å². The van der Waals surface area contributed by atoms with Gasteiger partial charge in [-0.2, -0.15) is 0 Å². The maximum atomic E-state index is 5.78. The molecule has 0 amide bonds. The third kappa shape index (κ3) is 6.61. The Labute approximate surface area is 254 Å². The summed E-state index contributed by atoms with van der Waals surface area (Å²) < 4.78 is 10.9. The number of rotatable bonds is 11. The zero-order valence-corrected chi connectivity index (χ0v) is 24.2. The van der Waals surface area contributed by atoms with E-state index < -0.39 is 0 Å². The fourth-order valence-electron chi connectivity index (χ4n) is 5.17. The van der Waals surface area contributed by atoms with Crippen LogP contribution in [0, 0.1) is 0 Å². The van der Waals surface area contributed by atoms with Crippen molar-refractivity contribution in [2.24, 2.45) is 0 Å². The summed E-state index contributed by atoms with van der Waals surface area (Å²) in [6.07, 6.45) is 0. The summed E-state index contributed by atoms with van der Waals surface area (Å²) in [7, 11) is 1.68. The lowest BCUT2D eigenvalue weighted by molar-refractivity contribution is 0.146. The second-order valence-corrected chi connectivity index (χ2v) is 10.1. The maximum absolute atomic E-state index is 5.78. The molecule has 0 bridgehead atoms. The Kier molecular flexibility index (Phi) is 8.78. The van der Waals surface area contributed by atoms with Gasteiger partial charge in [0.2, 0.25) is 0 Å². The third-order valence-electron chi connectivity index (χ3n) is 7.28. The lowest BCUT2D eigenvalue weighted by Crippen LogP contribution is -2.10. The number of hydrogen-bond acceptors (Lipinski definition) is 4. The number of hydrogen-bond donors (Lipinski definition) is 0. The van der Waals surface area contributed by atoms with Crippen LogP contribution in [0.4, 0.5) is 34.1 Å². The van der Waals surface area contributed by atoms with Crippen LogP contribution in [-0.4, -0.2) is 20.3 Å². The van der Waals surface area contributed by atoms with Crippen molar-refractivity contribution in [3.63, 3.8) is 0 Å². The average Bonchev–Trinajstić information content (AvgIpc) is 3.08. The molecule has 0 fully saturated rings. The minimum absolute atomic E-state index is 0.525. The highest BCUT2D eigenvalue weighted by Crippen LogP contribution is 2.38. The number of methoxy groups -OCH3 is 1. The topological polar surface area (TPSA) is 24.9 Å². The highest BCUT2D eigenvalue weighted by atomic mass is 16.5. The molecule has 6 aromatic rings. The molecule has 0 aliphatic carbocycles. The Hall–Kier alpha value is -5.32. The zero-order chi connectivity index (χ0) is 29.3. The molecule has 0 atom stereocenters. The predicted octanol–water partition coefficient (Wildman–Crippen LogP) is 10.3. The molecule has 0 aromatic heterocycles. The van der Waals surface area contributed by atoms with Crippen molar-refractivity contribution in [3.8, 4) is 16.9 Å². The van der Waals surface area contributed by atoms with Gasteiger partial charge in [-0.05, 0) is 96.1 Å². The molecule has 4 heteroatoms.